The van der Waals surface area contributed by atoms with Crippen molar-refractivity contribution in [1.29, 1.82) is 0 Å². The van der Waals surface area contributed by atoms with E-state index in [9.17, 15) is 19.5 Å². The Morgan fingerprint density at radius 1 is 0.415 bits per heavy atom. The summed E-state index contributed by atoms with van der Waals surface area (Å²) in [5.74, 6) is -1.73. The van der Waals surface area contributed by atoms with Crippen LogP contribution in [0.25, 0.3) is 54.6 Å². The third-order valence-electron chi connectivity index (χ3n) is 22.4. The number of aryl methyl sites for hydroxylation is 3. The van der Waals surface area contributed by atoms with Gasteiger partial charge in [0.05, 0.1) is 46.2 Å². The van der Waals surface area contributed by atoms with E-state index in [0.29, 0.717) is 23.8 Å². The Kier molecular flexibility index (Phi) is 32.2. The van der Waals surface area contributed by atoms with Crippen molar-refractivity contribution in [1.82, 2.24) is 0 Å². The highest BCUT2D eigenvalue weighted by molar-refractivity contribution is 9.11. The number of fused-ring (bicyclic) bond motifs is 3. The molecular weight excluding hydrogens is 1760 g/mol. The number of carbonyl (C=O) groups is 3. The number of benzene rings is 11. The Hall–Kier alpha value is -8.60. The van der Waals surface area contributed by atoms with Gasteiger partial charge in [0.1, 0.15) is 0 Å². The summed E-state index contributed by atoms with van der Waals surface area (Å²) in [6.07, 6.45) is 2.38. The number of carbonyl (C=O) groups excluding carboxylic acids is 2. The fourth-order valence-corrected chi connectivity index (χ4v) is 17.2. The lowest BCUT2D eigenvalue weighted by molar-refractivity contribution is -0.167. The second-order valence-electron chi connectivity index (χ2n) is 35.8. The van der Waals surface area contributed by atoms with E-state index >= 15 is 0 Å². The number of rotatable bonds is 18. The van der Waals surface area contributed by atoms with E-state index in [1.807, 2.05) is 156 Å². The number of ether oxygens (including phenoxy) is 5. The van der Waals surface area contributed by atoms with Crippen molar-refractivity contribution >= 4 is 145 Å². The number of hydrogen-bond acceptors (Lipinski definition) is 14. The number of carboxylic acids is 1. The van der Waals surface area contributed by atoms with Gasteiger partial charge in [0, 0.05) is 111 Å². The van der Waals surface area contributed by atoms with Crippen LogP contribution in [0.1, 0.15) is 181 Å². The molecule has 5 aliphatic heterocycles. The van der Waals surface area contributed by atoms with Gasteiger partial charge < -0.3 is 57.7 Å². The van der Waals surface area contributed by atoms with Crippen LogP contribution in [0.15, 0.2) is 226 Å². The van der Waals surface area contributed by atoms with E-state index in [1.54, 1.807) is 6.92 Å². The summed E-state index contributed by atoms with van der Waals surface area (Å²) in [6.45, 7) is 44.9. The monoisotopic (exact) mass is 1870 g/mol. The van der Waals surface area contributed by atoms with Gasteiger partial charge in [-0.05, 0) is 294 Å². The topological polar surface area (TPSA) is 149 Å². The molecule has 0 saturated carbocycles. The van der Waals surface area contributed by atoms with Gasteiger partial charge in [-0.25, -0.2) is 14.4 Å². The van der Waals surface area contributed by atoms with Crippen LogP contribution in [0.4, 0.5) is 22.7 Å². The van der Waals surface area contributed by atoms with Gasteiger partial charge in [0.2, 0.25) is 0 Å². The quantitative estimate of drug-likeness (QED) is 0.0641. The average molecular weight is 1880 g/mol. The van der Waals surface area contributed by atoms with Gasteiger partial charge in [-0.15, -0.1) is 0 Å². The highest BCUT2D eigenvalue weighted by atomic mass is 79.9. The van der Waals surface area contributed by atoms with Crippen LogP contribution in [-0.2, 0) is 47.4 Å². The molecule has 3 atom stereocenters. The molecule has 5 fully saturated rings. The van der Waals surface area contributed by atoms with E-state index in [2.05, 4.69) is 242 Å². The number of aliphatic carboxylic acids is 1. The molecule has 0 radical (unpaired) electrons. The molecule has 11 aromatic rings. The highest BCUT2D eigenvalue weighted by Crippen LogP contribution is 2.46. The van der Waals surface area contributed by atoms with Crippen molar-refractivity contribution in [3.63, 3.8) is 0 Å². The fourth-order valence-electron chi connectivity index (χ4n) is 15.3. The first-order chi connectivity index (χ1) is 58.3. The number of halogens is 4. The minimum Gasteiger partial charge on any atom is -0.479 e. The first-order valence-electron chi connectivity index (χ1n) is 43.0. The van der Waals surface area contributed by atoms with Crippen LogP contribution < -0.4 is 25.1 Å². The summed E-state index contributed by atoms with van der Waals surface area (Å²) in [7, 11) is -0.258. The van der Waals surface area contributed by atoms with Gasteiger partial charge in [0.25, 0.3) is 0 Å². The van der Waals surface area contributed by atoms with Crippen LogP contribution in [0.3, 0.4) is 0 Å². The Morgan fingerprint density at radius 2 is 0.732 bits per heavy atom. The largest absolute Gasteiger partial charge is 0.494 e. The molecule has 16 rings (SSSR count). The molecule has 0 bridgehead atoms. The normalized spacial score (nSPS) is 15.8. The molecule has 20 heteroatoms. The Balaban J connectivity index is 0.000000151. The first-order valence-corrected chi connectivity index (χ1v) is 45.7. The number of carboxylic acid groups (broad SMARTS) is 1. The van der Waals surface area contributed by atoms with E-state index in [1.165, 1.54) is 66.0 Å². The van der Waals surface area contributed by atoms with E-state index in [0.717, 1.165) is 136 Å². The number of esters is 2. The summed E-state index contributed by atoms with van der Waals surface area (Å²) in [5, 5.41) is 17.0. The molecule has 5 heterocycles. The number of nitrogens with zero attached hydrogens (tertiary/aromatic N) is 4. The molecule has 11 aromatic carbocycles. The molecule has 0 spiro atoms. The smallest absolute Gasteiger partial charge is 0.479 e. The van der Waals surface area contributed by atoms with Crippen LogP contribution in [0.2, 0.25) is 5.02 Å². The number of anilines is 4. The number of hydrogen-bond donors (Lipinski definition) is 1. The van der Waals surface area contributed by atoms with Crippen molar-refractivity contribution in [2.24, 2.45) is 0 Å². The molecule has 15 nitrogen and oxygen atoms in total. The van der Waals surface area contributed by atoms with Gasteiger partial charge in [0.15, 0.2) is 18.3 Å². The zero-order valence-corrected chi connectivity index (χ0v) is 80.3. The molecule has 1 N–H and O–H groups in total. The first kappa shape index (κ1) is 95.1. The van der Waals surface area contributed by atoms with Crippen molar-refractivity contribution in [2.45, 2.75) is 197 Å². The molecule has 123 heavy (non-hydrogen) atoms. The molecule has 0 amide bonds. The zero-order valence-electron chi connectivity index (χ0n) is 74.7. The van der Waals surface area contributed by atoms with Gasteiger partial charge >= 0.3 is 25.0 Å². The maximum absolute atomic E-state index is 13.2. The van der Waals surface area contributed by atoms with Gasteiger partial charge in [-0.2, -0.15) is 0 Å². The summed E-state index contributed by atoms with van der Waals surface area (Å²) in [6, 6.07) is 72.6. The molecule has 0 aromatic heterocycles. The third-order valence-corrected chi connectivity index (χ3v) is 24.3. The van der Waals surface area contributed by atoms with Gasteiger partial charge in [-0.3, -0.25) is 0 Å². The minimum absolute atomic E-state index is 0.258. The highest BCUT2D eigenvalue weighted by Gasteiger charge is 2.52. The average Bonchev–Trinajstić information content (AvgIpc) is 1.25. The second-order valence-corrected chi connectivity index (χ2v) is 38.9. The SMILES string of the molecule is Brc1cccc(Br)c1.Brc1cccc(N2CCC2)c1.CC1(C)OB(c2cccc(N3CCC3)c2)OC1(C)C.CCOC(=O)[C@@H](OC(C)(C)C)c1c(C)cc2ccccc2c1-c1cccc(N2CCC2)c1.CCOC(=O)[C@@H](OC(C)(C)C)c1c(C)cc2ccccc2c1Cl.Cc1cc2ccccc2c(-c2cccc(N3CCC3)c2)c1[C@H](OC(C)(C)C)C(=O)O. The Bertz CT molecular complexity index is 5460. The second kappa shape index (κ2) is 41.7. The molecule has 0 unspecified atom stereocenters. The van der Waals surface area contributed by atoms with E-state index in [-0.39, 0.29) is 24.3 Å². The van der Waals surface area contributed by atoms with Crippen molar-refractivity contribution in [3.05, 3.63) is 264 Å². The predicted octanol–water partition coefficient (Wildman–Crippen LogP) is 25.7. The Morgan fingerprint density at radius 3 is 1.09 bits per heavy atom. The van der Waals surface area contributed by atoms with Crippen LogP contribution in [0, 0.1) is 20.8 Å². The van der Waals surface area contributed by atoms with Crippen molar-refractivity contribution in [3.8, 4) is 22.3 Å². The lowest BCUT2D eigenvalue weighted by atomic mass is 9.79. The summed E-state index contributed by atoms with van der Waals surface area (Å²) in [5.41, 5.74) is 13.3. The molecule has 650 valence electrons. The van der Waals surface area contributed by atoms with Crippen molar-refractivity contribution in [2.75, 3.05) is 85.2 Å². The predicted molar refractivity (Wildman–Crippen MR) is 519 cm³/mol. The van der Waals surface area contributed by atoms with Crippen LogP contribution >= 0.6 is 59.4 Å². The maximum Gasteiger partial charge on any atom is 0.494 e. The minimum atomic E-state index is -1.04. The summed E-state index contributed by atoms with van der Waals surface area (Å²) >= 11 is 16.7. The lowest BCUT2D eigenvalue weighted by Gasteiger charge is -2.34. The summed E-state index contributed by atoms with van der Waals surface area (Å²) < 4.78 is 44.7. The molecular formula is C103H121BBr3ClN4O11. The third kappa shape index (κ3) is 24.8. The van der Waals surface area contributed by atoms with E-state index in [4.69, 9.17) is 44.6 Å². The molecule has 0 aliphatic carbocycles. The van der Waals surface area contributed by atoms with Gasteiger partial charge in [-0.1, -0.05) is 199 Å². The standard InChI is InChI=1S/C28H33NO3.C26H29NO3.C19H23ClO3.C15H22BNO2.C9H10BrN.C6H4Br2/c1-6-31-27(30)26(32-28(3,4)5)24-19(2)17-20-11-7-8-14-23(20)25(24)21-12-9-13-22(18-21)29-15-10-16-29;1-17-15-18-9-5-6-12-21(18)23(22(17)24(25(28)29)30-26(2,3)4)19-10-7-11-20(16-19)27-13-8-14-27;1-6-22-18(21)17(23-19(3,4)5)15-12(2)11-13-9-7-8-10-14(13)16(15)20;1-14(2)15(3,4)19-16(18-14)12-7-5-8-13(11-12)17-9-6-10-17;10-8-3-1-4-9(7-8)11-5-2-6-11;7-5-2-1-3-6(8)4-5/h7-9,11-14,17-18,26H,6,10,15-16H2,1-5H3;5-7,9-12,15-16,24H,8,13-14H2,1-4H3,(H,28,29);7-11,17H,6H2,1-5H3;5,7-8,11H,6,9-10H2,1-4H3;1,3-4,7H,2,5-6H2;1-4H/t26-;24-;17-;;;/m000.../s1. The maximum atomic E-state index is 13.2. The van der Waals surface area contributed by atoms with Crippen LogP contribution in [-0.4, -0.2) is 124 Å². The summed E-state index contributed by atoms with van der Waals surface area (Å²) in [4.78, 5) is 47.5. The molecule has 5 saturated heterocycles. The van der Waals surface area contributed by atoms with Crippen molar-refractivity contribution < 1.29 is 52.5 Å². The van der Waals surface area contributed by atoms with E-state index < -0.39 is 47.1 Å². The molecule has 5 aliphatic rings. The Labute approximate surface area is 759 Å². The lowest BCUT2D eigenvalue weighted by Crippen LogP contribution is -2.41. The zero-order chi connectivity index (χ0) is 88.9. The fraction of sp³-hybridized carbons (Fsp3) is 0.388. The van der Waals surface area contributed by atoms with Crippen LogP contribution in [0.5, 0.6) is 0 Å².